The quantitative estimate of drug-likeness (QED) is 0.686. The van der Waals surface area contributed by atoms with E-state index in [1.807, 2.05) is 12.3 Å². The molecule has 0 saturated carbocycles. The van der Waals surface area contributed by atoms with Gasteiger partial charge in [-0.15, -0.1) is 0 Å². The average Bonchev–Trinajstić information content (AvgIpc) is 2.50. The van der Waals surface area contributed by atoms with Crippen molar-refractivity contribution in [3.05, 3.63) is 42.1 Å². The second kappa shape index (κ2) is 8.64. The number of rotatable bonds is 9. The van der Waals surface area contributed by atoms with E-state index in [2.05, 4.69) is 39.9 Å². The molecule has 1 aromatic carbocycles. The number of methoxy groups -OCH3 is 1. The van der Waals surface area contributed by atoms with E-state index in [1.54, 1.807) is 7.11 Å². The summed E-state index contributed by atoms with van der Waals surface area (Å²) in [6.45, 7) is 4.62. The number of nitrogens with one attached hydrogen (secondary N) is 2. The van der Waals surface area contributed by atoms with Crippen molar-refractivity contribution in [2.45, 2.75) is 13.0 Å². The number of aromatic nitrogens is 1. The summed E-state index contributed by atoms with van der Waals surface area (Å²) in [7, 11) is 1.72. The smallest absolute Gasteiger partial charge is 0.0705 e. The van der Waals surface area contributed by atoms with Gasteiger partial charge in [0.05, 0.1) is 12.1 Å². The van der Waals surface area contributed by atoms with E-state index in [0.29, 0.717) is 0 Å². The van der Waals surface area contributed by atoms with Crippen LogP contribution in [0.1, 0.15) is 12.0 Å². The number of ether oxygens (including phenoxy) is 1. The second-order valence-corrected chi connectivity index (χ2v) is 4.76. The average molecular weight is 273 g/mol. The van der Waals surface area contributed by atoms with Gasteiger partial charge in [-0.1, -0.05) is 18.2 Å². The third kappa shape index (κ3) is 4.56. The zero-order valence-corrected chi connectivity index (χ0v) is 12.1. The topological polar surface area (TPSA) is 46.2 Å². The van der Waals surface area contributed by atoms with Crippen LogP contribution in [0.25, 0.3) is 10.9 Å². The van der Waals surface area contributed by atoms with Crippen LogP contribution >= 0.6 is 0 Å². The Morgan fingerprint density at radius 2 is 1.90 bits per heavy atom. The zero-order chi connectivity index (χ0) is 14.0. The normalized spacial score (nSPS) is 11.1. The van der Waals surface area contributed by atoms with E-state index in [0.717, 1.165) is 44.7 Å². The number of para-hydroxylation sites is 1. The van der Waals surface area contributed by atoms with Crippen LogP contribution in [0.2, 0.25) is 0 Å². The number of hydrogen-bond donors (Lipinski definition) is 2. The van der Waals surface area contributed by atoms with Crippen molar-refractivity contribution in [2.24, 2.45) is 0 Å². The highest BCUT2D eigenvalue weighted by atomic mass is 16.5. The molecule has 2 N–H and O–H groups in total. The Bertz CT molecular complexity index is 511. The van der Waals surface area contributed by atoms with Crippen LogP contribution in [0.3, 0.4) is 0 Å². The minimum atomic E-state index is 0.774. The van der Waals surface area contributed by atoms with Crippen molar-refractivity contribution in [3.63, 3.8) is 0 Å². The highest BCUT2D eigenvalue weighted by Crippen LogP contribution is 2.15. The van der Waals surface area contributed by atoms with Crippen LogP contribution in [0, 0.1) is 0 Å². The summed E-state index contributed by atoms with van der Waals surface area (Å²) in [6, 6.07) is 10.4. The van der Waals surface area contributed by atoms with Gasteiger partial charge in [-0.2, -0.15) is 0 Å². The molecule has 1 heterocycles. The van der Waals surface area contributed by atoms with Crippen LogP contribution in [-0.4, -0.2) is 38.3 Å². The molecule has 0 amide bonds. The summed E-state index contributed by atoms with van der Waals surface area (Å²) in [5.74, 6) is 0. The lowest BCUT2D eigenvalue weighted by molar-refractivity contribution is 0.199. The molecule has 0 unspecified atom stereocenters. The lowest BCUT2D eigenvalue weighted by Crippen LogP contribution is -2.24. The molecule has 0 bridgehead atoms. The molecule has 1 aromatic heterocycles. The van der Waals surface area contributed by atoms with Gasteiger partial charge in [-0.25, -0.2) is 0 Å². The first-order chi connectivity index (χ1) is 9.92. The Morgan fingerprint density at radius 1 is 1.05 bits per heavy atom. The van der Waals surface area contributed by atoms with Crippen LogP contribution in [0.15, 0.2) is 36.5 Å². The van der Waals surface area contributed by atoms with Gasteiger partial charge >= 0.3 is 0 Å². The predicted molar refractivity (Wildman–Crippen MR) is 82.8 cm³/mol. The molecular weight excluding hydrogens is 250 g/mol. The van der Waals surface area contributed by atoms with Crippen molar-refractivity contribution in [1.29, 1.82) is 0 Å². The van der Waals surface area contributed by atoms with Crippen molar-refractivity contribution >= 4 is 10.9 Å². The Kier molecular flexibility index (Phi) is 6.44. The van der Waals surface area contributed by atoms with Gasteiger partial charge in [0.25, 0.3) is 0 Å². The summed E-state index contributed by atoms with van der Waals surface area (Å²) in [4.78, 5) is 4.38. The van der Waals surface area contributed by atoms with E-state index in [1.165, 1.54) is 10.9 Å². The first-order valence-electron chi connectivity index (χ1n) is 7.15. The molecule has 0 spiro atoms. The van der Waals surface area contributed by atoms with Crippen molar-refractivity contribution in [2.75, 3.05) is 33.4 Å². The van der Waals surface area contributed by atoms with Gasteiger partial charge in [0, 0.05) is 31.8 Å². The molecule has 0 aliphatic heterocycles. The molecule has 20 heavy (non-hydrogen) atoms. The summed E-state index contributed by atoms with van der Waals surface area (Å²) in [5, 5.41) is 8.06. The number of fused-ring (bicyclic) bond motifs is 1. The third-order valence-corrected chi connectivity index (χ3v) is 3.24. The van der Waals surface area contributed by atoms with E-state index in [-0.39, 0.29) is 0 Å². The van der Waals surface area contributed by atoms with Gasteiger partial charge < -0.3 is 15.4 Å². The van der Waals surface area contributed by atoms with E-state index in [9.17, 15) is 0 Å². The van der Waals surface area contributed by atoms with Crippen molar-refractivity contribution in [3.8, 4) is 0 Å². The minimum absolute atomic E-state index is 0.774. The highest BCUT2D eigenvalue weighted by Gasteiger charge is 2.00. The lowest BCUT2D eigenvalue weighted by atomic mass is 10.1. The summed E-state index contributed by atoms with van der Waals surface area (Å²) < 4.78 is 4.98. The first kappa shape index (κ1) is 14.9. The fraction of sp³-hybridized carbons (Fsp3) is 0.438. The molecule has 4 nitrogen and oxygen atoms in total. The number of nitrogens with zero attached hydrogens (tertiary/aromatic N) is 1. The van der Waals surface area contributed by atoms with Crippen LogP contribution in [0.5, 0.6) is 0 Å². The molecule has 0 atom stereocenters. The molecule has 0 saturated heterocycles. The monoisotopic (exact) mass is 273 g/mol. The van der Waals surface area contributed by atoms with E-state index >= 15 is 0 Å². The summed E-state index contributed by atoms with van der Waals surface area (Å²) in [5.41, 5.74) is 2.37. The van der Waals surface area contributed by atoms with Gasteiger partial charge in [0.1, 0.15) is 0 Å². The molecule has 0 radical (unpaired) electrons. The second-order valence-electron chi connectivity index (χ2n) is 4.76. The van der Waals surface area contributed by atoms with Crippen LogP contribution in [0.4, 0.5) is 0 Å². The lowest BCUT2D eigenvalue weighted by Gasteiger charge is -2.08. The summed E-state index contributed by atoms with van der Waals surface area (Å²) in [6.07, 6.45) is 3.00. The van der Waals surface area contributed by atoms with E-state index < -0.39 is 0 Å². The largest absolute Gasteiger partial charge is 0.383 e. The highest BCUT2D eigenvalue weighted by molar-refractivity contribution is 5.81. The van der Waals surface area contributed by atoms with Gasteiger partial charge in [0.15, 0.2) is 0 Å². The third-order valence-electron chi connectivity index (χ3n) is 3.24. The van der Waals surface area contributed by atoms with Crippen molar-refractivity contribution in [1.82, 2.24) is 15.6 Å². The van der Waals surface area contributed by atoms with Crippen LogP contribution < -0.4 is 10.6 Å². The minimum Gasteiger partial charge on any atom is -0.383 e. The maximum atomic E-state index is 4.98. The fourth-order valence-corrected chi connectivity index (χ4v) is 2.17. The molecular formula is C16H23N3O. The van der Waals surface area contributed by atoms with Crippen LogP contribution in [-0.2, 0) is 11.3 Å². The van der Waals surface area contributed by atoms with Gasteiger partial charge in [-0.05, 0) is 37.2 Å². The van der Waals surface area contributed by atoms with Crippen molar-refractivity contribution < 1.29 is 4.74 Å². The molecule has 4 heteroatoms. The molecule has 0 fully saturated rings. The maximum absolute atomic E-state index is 4.98. The fourth-order valence-electron chi connectivity index (χ4n) is 2.17. The first-order valence-corrected chi connectivity index (χ1v) is 7.15. The molecule has 0 aliphatic carbocycles. The number of benzene rings is 1. The molecule has 2 rings (SSSR count). The summed E-state index contributed by atoms with van der Waals surface area (Å²) >= 11 is 0. The van der Waals surface area contributed by atoms with E-state index in [4.69, 9.17) is 4.74 Å². The SMILES string of the molecule is COCCNCCCNCc1ccnc2ccccc12. The number of pyridine rings is 1. The molecule has 2 aromatic rings. The Morgan fingerprint density at radius 3 is 2.80 bits per heavy atom. The van der Waals surface area contributed by atoms with Gasteiger partial charge in [-0.3, -0.25) is 4.98 Å². The molecule has 108 valence electrons. The Hall–Kier alpha value is -1.49. The Balaban J connectivity index is 1.71. The molecule has 0 aliphatic rings. The number of hydrogen-bond acceptors (Lipinski definition) is 4. The Labute approximate surface area is 120 Å². The van der Waals surface area contributed by atoms with Gasteiger partial charge in [0.2, 0.25) is 0 Å². The zero-order valence-electron chi connectivity index (χ0n) is 12.1. The standard InChI is InChI=1S/C16H23N3O/c1-20-12-11-17-8-4-9-18-13-14-7-10-19-16-6-3-2-5-15(14)16/h2-3,5-7,10,17-18H,4,8-9,11-13H2,1H3. The predicted octanol–water partition coefficient (Wildman–Crippen LogP) is 1.95. The maximum Gasteiger partial charge on any atom is 0.0705 e.